The van der Waals surface area contributed by atoms with E-state index in [1.165, 1.54) is 10.4 Å². The summed E-state index contributed by atoms with van der Waals surface area (Å²) in [6.07, 6.45) is 0.900. The van der Waals surface area contributed by atoms with Gasteiger partial charge in [-0.1, -0.05) is 60.2 Å². The second-order valence-corrected chi connectivity index (χ2v) is 8.18. The average Bonchev–Trinajstić information content (AvgIpc) is 3.32. The SMILES string of the molecule is Cc1ccc(-c2ccc(C(CO)NC(=O)C3CC3c3cccs3)cc2)cc1. The topological polar surface area (TPSA) is 49.3 Å². The van der Waals surface area contributed by atoms with E-state index in [1.54, 1.807) is 11.3 Å². The zero-order chi connectivity index (χ0) is 18.8. The van der Waals surface area contributed by atoms with Gasteiger partial charge in [0.1, 0.15) is 0 Å². The molecule has 0 spiro atoms. The highest BCUT2D eigenvalue weighted by Gasteiger charge is 2.45. The van der Waals surface area contributed by atoms with Gasteiger partial charge >= 0.3 is 0 Å². The number of hydrogen-bond acceptors (Lipinski definition) is 3. The lowest BCUT2D eigenvalue weighted by molar-refractivity contribution is -0.123. The Kier molecular flexibility index (Phi) is 5.10. The van der Waals surface area contributed by atoms with Crippen molar-refractivity contribution in [2.45, 2.75) is 25.3 Å². The van der Waals surface area contributed by atoms with Gasteiger partial charge in [0.05, 0.1) is 12.6 Å². The molecule has 0 radical (unpaired) electrons. The monoisotopic (exact) mass is 377 g/mol. The van der Waals surface area contributed by atoms with E-state index in [1.807, 2.05) is 30.3 Å². The molecule has 2 aromatic carbocycles. The fourth-order valence-corrected chi connectivity index (χ4v) is 4.38. The summed E-state index contributed by atoms with van der Waals surface area (Å²) in [5, 5.41) is 14.9. The van der Waals surface area contributed by atoms with Crippen LogP contribution in [-0.4, -0.2) is 17.6 Å². The Morgan fingerprint density at radius 2 is 1.78 bits per heavy atom. The lowest BCUT2D eigenvalue weighted by atomic mass is 10.00. The van der Waals surface area contributed by atoms with E-state index < -0.39 is 0 Å². The normalized spacial score (nSPS) is 19.5. The van der Waals surface area contributed by atoms with Crippen molar-refractivity contribution >= 4 is 17.2 Å². The van der Waals surface area contributed by atoms with Crippen molar-refractivity contribution in [1.82, 2.24) is 5.32 Å². The van der Waals surface area contributed by atoms with E-state index in [9.17, 15) is 9.90 Å². The molecule has 1 saturated carbocycles. The number of rotatable bonds is 6. The van der Waals surface area contributed by atoms with Crippen LogP contribution in [0.5, 0.6) is 0 Å². The van der Waals surface area contributed by atoms with E-state index in [0.717, 1.165) is 23.1 Å². The van der Waals surface area contributed by atoms with Crippen LogP contribution in [0.15, 0.2) is 66.0 Å². The van der Waals surface area contributed by atoms with Crippen LogP contribution in [0.1, 0.15) is 34.4 Å². The second kappa shape index (κ2) is 7.67. The number of thiophene rings is 1. The third-order valence-corrected chi connectivity index (χ3v) is 6.24. The molecule has 1 fully saturated rings. The fraction of sp³-hybridized carbons (Fsp3) is 0.261. The Labute approximate surface area is 163 Å². The van der Waals surface area contributed by atoms with Gasteiger partial charge in [0.15, 0.2) is 0 Å². The number of benzene rings is 2. The van der Waals surface area contributed by atoms with Gasteiger partial charge in [0, 0.05) is 16.7 Å². The number of hydrogen-bond donors (Lipinski definition) is 2. The number of aryl methyl sites for hydroxylation is 1. The molecule has 1 aliphatic rings. The van der Waals surface area contributed by atoms with E-state index in [2.05, 4.69) is 48.0 Å². The molecule has 138 valence electrons. The lowest BCUT2D eigenvalue weighted by Crippen LogP contribution is -2.32. The first kappa shape index (κ1) is 18.0. The van der Waals surface area contributed by atoms with Crippen LogP contribution < -0.4 is 5.32 Å². The van der Waals surface area contributed by atoms with Gasteiger partial charge in [-0.05, 0) is 41.5 Å². The van der Waals surface area contributed by atoms with Crippen molar-refractivity contribution in [2.24, 2.45) is 5.92 Å². The van der Waals surface area contributed by atoms with Crippen molar-refractivity contribution < 1.29 is 9.90 Å². The van der Waals surface area contributed by atoms with E-state index in [0.29, 0.717) is 5.92 Å². The summed E-state index contributed by atoms with van der Waals surface area (Å²) >= 11 is 1.71. The molecule has 3 atom stereocenters. The summed E-state index contributed by atoms with van der Waals surface area (Å²) in [7, 11) is 0. The van der Waals surface area contributed by atoms with Gasteiger partial charge < -0.3 is 10.4 Å². The number of aliphatic hydroxyl groups excluding tert-OH is 1. The molecule has 4 heteroatoms. The van der Waals surface area contributed by atoms with Gasteiger partial charge in [0.2, 0.25) is 5.91 Å². The molecule has 3 unspecified atom stereocenters. The highest BCUT2D eigenvalue weighted by Crippen LogP contribution is 2.49. The Bertz CT molecular complexity index is 901. The smallest absolute Gasteiger partial charge is 0.224 e. The predicted molar refractivity (Wildman–Crippen MR) is 110 cm³/mol. The van der Waals surface area contributed by atoms with E-state index >= 15 is 0 Å². The van der Waals surface area contributed by atoms with Crippen LogP contribution in [0.2, 0.25) is 0 Å². The molecule has 0 bridgehead atoms. The highest BCUT2D eigenvalue weighted by molar-refractivity contribution is 7.10. The first-order valence-corrected chi connectivity index (χ1v) is 10.2. The van der Waals surface area contributed by atoms with Crippen LogP contribution in [-0.2, 0) is 4.79 Å². The van der Waals surface area contributed by atoms with Crippen LogP contribution >= 0.6 is 11.3 Å². The molecular weight excluding hydrogens is 354 g/mol. The molecular formula is C23H23NO2S. The standard InChI is InChI=1S/C23H23NO2S/c1-15-4-6-16(7-5-15)17-8-10-18(11-9-17)21(14-25)24-23(26)20-13-19(20)22-3-2-12-27-22/h2-12,19-21,25H,13-14H2,1H3,(H,24,26). The van der Waals surface area contributed by atoms with Crippen LogP contribution in [0.25, 0.3) is 11.1 Å². The van der Waals surface area contributed by atoms with Crippen LogP contribution in [0.3, 0.4) is 0 Å². The average molecular weight is 378 g/mol. The van der Waals surface area contributed by atoms with Crippen molar-refractivity contribution in [1.29, 1.82) is 0 Å². The minimum absolute atomic E-state index is 0.0320. The maximum Gasteiger partial charge on any atom is 0.224 e. The largest absolute Gasteiger partial charge is 0.394 e. The zero-order valence-electron chi connectivity index (χ0n) is 15.3. The Hall–Kier alpha value is -2.43. The molecule has 1 aromatic heterocycles. The second-order valence-electron chi connectivity index (χ2n) is 7.20. The summed E-state index contributed by atoms with van der Waals surface area (Å²) in [4.78, 5) is 13.8. The number of amides is 1. The van der Waals surface area contributed by atoms with Crippen molar-refractivity contribution in [3.63, 3.8) is 0 Å². The van der Waals surface area contributed by atoms with Crippen LogP contribution in [0, 0.1) is 12.8 Å². The van der Waals surface area contributed by atoms with E-state index in [4.69, 9.17) is 0 Å². The first-order valence-electron chi connectivity index (χ1n) is 9.27. The minimum Gasteiger partial charge on any atom is -0.394 e. The Morgan fingerprint density at radius 3 is 2.37 bits per heavy atom. The maximum absolute atomic E-state index is 12.6. The quantitative estimate of drug-likeness (QED) is 0.655. The predicted octanol–water partition coefficient (Wildman–Crippen LogP) is 4.68. The van der Waals surface area contributed by atoms with Gasteiger partial charge in [-0.3, -0.25) is 4.79 Å². The van der Waals surface area contributed by atoms with Crippen molar-refractivity contribution in [2.75, 3.05) is 6.61 Å². The van der Waals surface area contributed by atoms with E-state index in [-0.39, 0.29) is 24.5 Å². The molecule has 3 nitrogen and oxygen atoms in total. The summed E-state index contributed by atoms with van der Waals surface area (Å²) in [5.74, 6) is 0.410. The molecule has 0 aliphatic heterocycles. The van der Waals surface area contributed by atoms with Gasteiger partial charge in [-0.2, -0.15) is 0 Å². The van der Waals surface area contributed by atoms with Gasteiger partial charge in [0.25, 0.3) is 0 Å². The number of carbonyl (C=O) groups is 1. The maximum atomic E-state index is 12.6. The fourth-order valence-electron chi connectivity index (χ4n) is 3.47. The van der Waals surface area contributed by atoms with Gasteiger partial charge in [-0.25, -0.2) is 0 Å². The summed E-state index contributed by atoms with van der Waals surface area (Å²) in [5.41, 5.74) is 4.45. The minimum atomic E-state index is -0.367. The summed E-state index contributed by atoms with van der Waals surface area (Å²) < 4.78 is 0. The molecule has 4 rings (SSSR count). The molecule has 2 N–H and O–H groups in total. The third kappa shape index (κ3) is 3.97. The Balaban J connectivity index is 1.42. The first-order chi connectivity index (χ1) is 13.2. The zero-order valence-corrected chi connectivity index (χ0v) is 16.1. The molecule has 0 saturated heterocycles. The molecule has 1 heterocycles. The number of carbonyl (C=O) groups excluding carboxylic acids is 1. The lowest BCUT2D eigenvalue weighted by Gasteiger charge is -2.17. The van der Waals surface area contributed by atoms with Crippen molar-refractivity contribution in [3.05, 3.63) is 82.0 Å². The highest BCUT2D eigenvalue weighted by atomic mass is 32.1. The third-order valence-electron chi connectivity index (χ3n) is 5.23. The Morgan fingerprint density at radius 1 is 1.11 bits per heavy atom. The number of aliphatic hydroxyl groups is 1. The molecule has 1 aliphatic carbocycles. The molecule has 1 amide bonds. The number of nitrogens with one attached hydrogen (secondary N) is 1. The molecule has 27 heavy (non-hydrogen) atoms. The molecule has 3 aromatic rings. The summed E-state index contributed by atoms with van der Waals surface area (Å²) in [6.45, 7) is 1.97. The van der Waals surface area contributed by atoms with Gasteiger partial charge in [-0.15, -0.1) is 11.3 Å². The van der Waals surface area contributed by atoms with Crippen LogP contribution in [0.4, 0.5) is 0 Å². The van der Waals surface area contributed by atoms with Crippen molar-refractivity contribution in [3.8, 4) is 11.1 Å². The summed E-state index contributed by atoms with van der Waals surface area (Å²) in [6, 6.07) is 20.2.